The van der Waals surface area contributed by atoms with Crippen LogP contribution in [0.4, 0.5) is 11.4 Å². The number of carbonyl (C=O) groups is 2. The molecule has 0 aliphatic heterocycles. The Bertz CT molecular complexity index is 1600. The number of nitrogens with zero attached hydrogens (tertiary/aromatic N) is 3. The Balaban J connectivity index is 1.64. The number of aromatic amines is 1. The first-order valence-corrected chi connectivity index (χ1v) is 11.4. The number of aliphatic carboxylic acids is 1. The summed E-state index contributed by atoms with van der Waals surface area (Å²) in [6.45, 7) is 5.17. The number of aromatic hydroxyl groups is 1. The lowest BCUT2D eigenvalue weighted by atomic mass is 10.0. The average molecular weight is 500 g/mol. The summed E-state index contributed by atoms with van der Waals surface area (Å²) in [6, 6.07) is 16.9. The first kappa shape index (κ1) is 25.1. The number of carboxylic acid groups (broad SMARTS) is 1. The molecule has 1 amide bonds. The van der Waals surface area contributed by atoms with Crippen LogP contribution >= 0.6 is 0 Å². The summed E-state index contributed by atoms with van der Waals surface area (Å²) in [6.07, 6.45) is 0. The number of amides is 1. The molecule has 0 aliphatic carbocycles. The zero-order chi connectivity index (χ0) is 26.7. The summed E-state index contributed by atoms with van der Waals surface area (Å²) < 4.78 is 1.40. The first-order valence-electron chi connectivity index (χ1n) is 11.4. The summed E-state index contributed by atoms with van der Waals surface area (Å²) in [7, 11) is 0. The largest absolute Gasteiger partial charge is 0.505 e. The van der Waals surface area contributed by atoms with E-state index in [9.17, 15) is 19.5 Å². The third kappa shape index (κ3) is 5.32. The van der Waals surface area contributed by atoms with E-state index in [0.717, 1.165) is 11.1 Å². The molecule has 37 heavy (non-hydrogen) atoms. The lowest BCUT2D eigenvalue weighted by Crippen LogP contribution is -2.29. The van der Waals surface area contributed by atoms with Crippen LogP contribution in [0, 0.1) is 20.8 Å². The molecule has 0 atom stereocenters. The van der Waals surface area contributed by atoms with E-state index in [1.807, 2.05) is 32.0 Å². The van der Waals surface area contributed by atoms with Crippen LogP contribution in [0.25, 0.3) is 16.8 Å². The third-order valence-corrected chi connectivity index (χ3v) is 5.90. The molecule has 188 valence electrons. The second kappa shape index (κ2) is 10.3. The van der Waals surface area contributed by atoms with E-state index in [0.29, 0.717) is 22.5 Å². The molecule has 10 heteroatoms. The molecular weight excluding hydrogens is 474 g/mol. The highest BCUT2D eigenvalue weighted by atomic mass is 16.4. The van der Waals surface area contributed by atoms with Gasteiger partial charge in [0.2, 0.25) is 0 Å². The normalized spacial score (nSPS) is 11.1. The number of H-pyrrole nitrogens is 1. The van der Waals surface area contributed by atoms with E-state index in [2.05, 4.69) is 20.6 Å². The van der Waals surface area contributed by atoms with Crippen molar-refractivity contribution in [1.29, 1.82) is 0 Å². The number of hydrogen-bond donors (Lipinski definition) is 4. The minimum Gasteiger partial charge on any atom is -0.505 e. The van der Waals surface area contributed by atoms with Gasteiger partial charge in [0.15, 0.2) is 11.4 Å². The van der Waals surface area contributed by atoms with Crippen LogP contribution in [-0.4, -0.2) is 38.4 Å². The first-order chi connectivity index (χ1) is 17.7. The summed E-state index contributed by atoms with van der Waals surface area (Å²) >= 11 is 0. The van der Waals surface area contributed by atoms with Gasteiger partial charge in [0.1, 0.15) is 12.2 Å². The fraction of sp³-hybridized carbons (Fsp3) is 0.148. The number of carboxylic acids is 1. The summed E-state index contributed by atoms with van der Waals surface area (Å²) in [5.74, 6) is -1.89. The van der Waals surface area contributed by atoms with Crippen molar-refractivity contribution in [3.63, 3.8) is 0 Å². The van der Waals surface area contributed by atoms with Crippen LogP contribution in [0.5, 0.6) is 5.75 Å². The fourth-order valence-corrected chi connectivity index (χ4v) is 3.74. The number of phenolic OH excluding ortho intramolecular Hbond substituents is 1. The Morgan fingerprint density at radius 2 is 1.73 bits per heavy atom. The number of hydrogen-bond acceptors (Lipinski definition) is 6. The number of para-hydroxylation sites is 1. The standard InChI is InChI=1S/C27H25N5O5/c1-15-10-11-20(12-16(15)2)32-27(37)24(17(3)31-32)30-29-22-9-5-8-21(25(22)35)18-6-4-7-19(13-18)26(36)28-14-23(33)34/h4-13,31,35H,14H2,1-3H3,(H,28,36)(H,33,34). The Morgan fingerprint density at radius 1 is 0.973 bits per heavy atom. The Morgan fingerprint density at radius 3 is 2.46 bits per heavy atom. The molecule has 4 rings (SSSR count). The minimum atomic E-state index is -1.15. The molecule has 0 saturated carbocycles. The molecule has 0 fully saturated rings. The molecule has 1 aromatic heterocycles. The van der Waals surface area contributed by atoms with Crippen LogP contribution in [-0.2, 0) is 4.79 Å². The van der Waals surface area contributed by atoms with Gasteiger partial charge in [-0.1, -0.05) is 30.3 Å². The minimum absolute atomic E-state index is 0.111. The molecule has 0 unspecified atom stereocenters. The lowest BCUT2D eigenvalue weighted by molar-refractivity contribution is -0.135. The van der Waals surface area contributed by atoms with Gasteiger partial charge in [-0.3, -0.25) is 19.5 Å². The predicted octanol–water partition coefficient (Wildman–Crippen LogP) is 4.69. The monoisotopic (exact) mass is 499 g/mol. The molecule has 0 bridgehead atoms. The van der Waals surface area contributed by atoms with Crippen molar-refractivity contribution in [2.75, 3.05) is 6.54 Å². The van der Waals surface area contributed by atoms with Crippen molar-refractivity contribution < 1.29 is 19.8 Å². The van der Waals surface area contributed by atoms with Gasteiger partial charge in [0, 0.05) is 11.1 Å². The third-order valence-electron chi connectivity index (χ3n) is 5.90. The van der Waals surface area contributed by atoms with Crippen LogP contribution in [0.2, 0.25) is 0 Å². The van der Waals surface area contributed by atoms with Crippen molar-refractivity contribution >= 4 is 23.3 Å². The van der Waals surface area contributed by atoms with Crippen molar-refractivity contribution in [3.8, 4) is 22.6 Å². The van der Waals surface area contributed by atoms with Crippen molar-refractivity contribution in [2.24, 2.45) is 10.2 Å². The Kier molecular flexibility index (Phi) is 7.01. The van der Waals surface area contributed by atoms with E-state index >= 15 is 0 Å². The number of phenols is 1. The van der Waals surface area contributed by atoms with E-state index in [1.54, 1.807) is 37.3 Å². The highest BCUT2D eigenvalue weighted by Crippen LogP contribution is 2.38. The summed E-state index contributed by atoms with van der Waals surface area (Å²) in [4.78, 5) is 36.0. The number of azo groups is 1. The highest BCUT2D eigenvalue weighted by Gasteiger charge is 2.15. The lowest BCUT2D eigenvalue weighted by Gasteiger charge is -2.09. The molecule has 10 nitrogen and oxygen atoms in total. The number of benzene rings is 3. The summed E-state index contributed by atoms with van der Waals surface area (Å²) in [5.41, 5.74) is 4.37. The van der Waals surface area contributed by atoms with Crippen LogP contribution < -0.4 is 10.9 Å². The van der Waals surface area contributed by atoms with Gasteiger partial charge in [-0.2, -0.15) is 0 Å². The van der Waals surface area contributed by atoms with Gasteiger partial charge in [-0.15, -0.1) is 10.2 Å². The molecule has 4 N–H and O–H groups in total. The smallest absolute Gasteiger partial charge is 0.322 e. The number of aryl methyl sites for hydroxylation is 3. The molecular formula is C27H25N5O5. The Hall–Kier alpha value is -4.99. The SMILES string of the molecule is Cc1ccc(-n2[nH]c(C)c(N=Nc3cccc(-c4cccc(C(=O)NCC(=O)O)c4)c3O)c2=O)cc1C. The predicted molar refractivity (Wildman–Crippen MR) is 138 cm³/mol. The maximum Gasteiger partial charge on any atom is 0.322 e. The summed E-state index contributed by atoms with van der Waals surface area (Å²) in [5, 5.41) is 33.2. The zero-order valence-electron chi connectivity index (χ0n) is 20.4. The fourth-order valence-electron chi connectivity index (χ4n) is 3.74. The number of carbonyl (C=O) groups excluding carboxylic acids is 1. The Labute approximate surface area is 211 Å². The van der Waals surface area contributed by atoms with Crippen LogP contribution in [0.3, 0.4) is 0 Å². The molecule has 4 aromatic rings. The maximum atomic E-state index is 13.0. The van der Waals surface area contributed by atoms with Crippen LogP contribution in [0.1, 0.15) is 27.2 Å². The molecule has 3 aromatic carbocycles. The second-order valence-corrected chi connectivity index (χ2v) is 8.53. The topological polar surface area (TPSA) is 149 Å². The average Bonchev–Trinajstić information content (AvgIpc) is 3.16. The van der Waals surface area contributed by atoms with Gasteiger partial charge in [-0.25, -0.2) is 4.68 Å². The number of rotatable bonds is 7. The molecule has 0 spiro atoms. The molecule has 1 heterocycles. The number of aromatic nitrogens is 2. The van der Waals surface area contributed by atoms with E-state index in [-0.39, 0.29) is 28.2 Å². The van der Waals surface area contributed by atoms with Crippen molar-refractivity contribution in [3.05, 3.63) is 93.4 Å². The van der Waals surface area contributed by atoms with E-state index in [1.165, 1.54) is 16.8 Å². The highest BCUT2D eigenvalue weighted by molar-refractivity contribution is 5.97. The zero-order valence-corrected chi connectivity index (χ0v) is 20.4. The molecule has 0 saturated heterocycles. The van der Waals surface area contributed by atoms with Crippen LogP contribution in [0.15, 0.2) is 75.7 Å². The van der Waals surface area contributed by atoms with Gasteiger partial charge >= 0.3 is 5.97 Å². The second-order valence-electron chi connectivity index (χ2n) is 8.53. The number of nitrogens with one attached hydrogen (secondary N) is 2. The molecule has 0 radical (unpaired) electrons. The van der Waals surface area contributed by atoms with E-state index in [4.69, 9.17) is 5.11 Å². The van der Waals surface area contributed by atoms with Gasteiger partial charge in [0.25, 0.3) is 11.5 Å². The van der Waals surface area contributed by atoms with Crippen molar-refractivity contribution in [1.82, 2.24) is 15.1 Å². The van der Waals surface area contributed by atoms with Crippen molar-refractivity contribution in [2.45, 2.75) is 20.8 Å². The quantitative estimate of drug-likeness (QED) is 0.272. The van der Waals surface area contributed by atoms with E-state index < -0.39 is 18.4 Å². The van der Waals surface area contributed by atoms with Gasteiger partial charge < -0.3 is 15.5 Å². The van der Waals surface area contributed by atoms with Gasteiger partial charge in [0.05, 0.1) is 11.4 Å². The maximum absolute atomic E-state index is 13.0. The molecule has 0 aliphatic rings. The van der Waals surface area contributed by atoms with Gasteiger partial charge in [-0.05, 0) is 67.8 Å².